The van der Waals surface area contributed by atoms with E-state index in [-0.39, 0.29) is 5.56 Å². The van der Waals surface area contributed by atoms with Gasteiger partial charge < -0.3 is 10.2 Å². The molecule has 7 heteroatoms. The van der Waals surface area contributed by atoms with Gasteiger partial charge in [0.15, 0.2) is 0 Å². The lowest BCUT2D eigenvalue weighted by molar-refractivity contribution is 0.616. The SMILES string of the molecule is CCc1ccc(-c2cc3cnn(-c4ccc(N5CC[C@@H](NC)C5)nc4)c(=O)c3s2)cc1. The van der Waals surface area contributed by atoms with E-state index in [1.54, 1.807) is 12.4 Å². The topological polar surface area (TPSA) is 63.1 Å². The average Bonchev–Trinajstić information content (AvgIpc) is 3.47. The maximum Gasteiger partial charge on any atom is 0.289 e. The Labute approximate surface area is 185 Å². The third kappa shape index (κ3) is 3.75. The van der Waals surface area contributed by atoms with Crippen molar-refractivity contribution in [3.8, 4) is 16.1 Å². The van der Waals surface area contributed by atoms with Gasteiger partial charge in [0.2, 0.25) is 0 Å². The molecule has 158 valence electrons. The molecule has 5 rings (SSSR count). The molecule has 0 aliphatic carbocycles. The molecule has 1 aliphatic heterocycles. The number of fused-ring (bicyclic) bond motifs is 1. The van der Waals surface area contributed by atoms with Crippen LogP contribution in [-0.2, 0) is 6.42 Å². The molecule has 1 fully saturated rings. The van der Waals surface area contributed by atoms with Gasteiger partial charge in [-0.3, -0.25) is 4.79 Å². The molecule has 6 nitrogen and oxygen atoms in total. The lowest BCUT2D eigenvalue weighted by Gasteiger charge is -2.17. The number of anilines is 1. The Balaban J connectivity index is 1.45. The fraction of sp³-hybridized carbons (Fsp3) is 0.292. The normalized spacial score (nSPS) is 16.3. The third-order valence-electron chi connectivity index (χ3n) is 6.00. The van der Waals surface area contributed by atoms with E-state index in [4.69, 9.17) is 0 Å². The van der Waals surface area contributed by atoms with Crippen molar-refractivity contribution in [2.24, 2.45) is 0 Å². The van der Waals surface area contributed by atoms with Crippen molar-refractivity contribution in [2.75, 3.05) is 25.0 Å². The molecule has 1 aromatic carbocycles. The summed E-state index contributed by atoms with van der Waals surface area (Å²) < 4.78 is 2.16. The predicted molar refractivity (Wildman–Crippen MR) is 128 cm³/mol. The van der Waals surface area contributed by atoms with Crippen LogP contribution in [0.5, 0.6) is 0 Å². The van der Waals surface area contributed by atoms with Crippen molar-refractivity contribution in [3.05, 3.63) is 70.8 Å². The molecular formula is C24H25N5OS. The van der Waals surface area contributed by atoms with E-state index >= 15 is 0 Å². The van der Waals surface area contributed by atoms with Crippen LogP contribution in [0.4, 0.5) is 5.82 Å². The van der Waals surface area contributed by atoms with Crippen molar-refractivity contribution in [1.82, 2.24) is 20.1 Å². The molecule has 1 atom stereocenters. The molecule has 1 N–H and O–H groups in total. The number of nitrogens with one attached hydrogen (secondary N) is 1. The molecule has 0 radical (unpaired) electrons. The second-order valence-electron chi connectivity index (χ2n) is 7.90. The Bertz CT molecular complexity index is 1260. The highest BCUT2D eigenvalue weighted by Crippen LogP contribution is 2.31. The predicted octanol–water partition coefficient (Wildman–Crippen LogP) is 3.87. The van der Waals surface area contributed by atoms with Crippen LogP contribution in [0.3, 0.4) is 0 Å². The highest BCUT2D eigenvalue weighted by Gasteiger charge is 2.22. The van der Waals surface area contributed by atoms with Gasteiger partial charge >= 0.3 is 0 Å². The number of hydrogen-bond donors (Lipinski definition) is 1. The largest absolute Gasteiger partial charge is 0.355 e. The summed E-state index contributed by atoms with van der Waals surface area (Å²) in [5, 5.41) is 8.61. The number of aromatic nitrogens is 3. The highest BCUT2D eigenvalue weighted by molar-refractivity contribution is 7.22. The summed E-state index contributed by atoms with van der Waals surface area (Å²) in [4.78, 5) is 21.1. The first-order valence-corrected chi connectivity index (χ1v) is 11.5. The monoisotopic (exact) mass is 431 g/mol. The molecule has 4 heterocycles. The van der Waals surface area contributed by atoms with Crippen LogP contribution < -0.4 is 15.8 Å². The lowest BCUT2D eigenvalue weighted by atomic mass is 10.1. The van der Waals surface area contributed by atoms with Crippen LogP contribution in [0.2, 0.25) is 0 Å². The average molecular weight is 432 g/mol. The lowest BCUT2D eigenvalue weighted by Crippen LogP contribution is -2.29. The molecule has 0 amide bonds. The summed E-state index contributed by atoms with van der Waals surface area (Å²) in [6.07, 6.45) is 5.63. The number of benzene rings is 1. The van der Waals surface area contributed by atoms with Crippen LogP contribution in [0.15, 0.2) is 59.7 Å². The fourth-order valence-electron chi connectivity index (χ4n) is 4.06. The van der Waals surface area contributed by atoms with Crippen molar-refractivity contribution in [1.29, 1.82) is 0 Å². The Hall–Kier alpha value is -3.03. The number of likely N-dealkylation sites (N-methyl/N-ethyl adjacent to an activating group) is 1. The summed E-state index contributed by atoms with van der Waals surface area (Å²) in [5.74, 6) is 0.935. The second kappa shape index (κ2) is 8.24. The smallest absolute Gasteiger partial charge is 0.289 e. The first kappa shape index (κ1) is 19.9. The van der Waals surface area contributed by atoms with Crippen LogP contribution in [-0.4, -0.2) is 40.9 Å². The number of hydrogen-bond acceptors (Lipinski definition) is 6. The zero-order chi connectivity index (χ0) is 21.4. The minimum Gasteiger partial charge on any atom is -0.355 e. The Kier molecular flexibility index (Phi) is 5.29. The van der Waals surface area contributed by atoms with Crippen molar-refractivity contribution in [3.63, 3.8) is 0 Å². The van der Waals surface area contributed by atoms with Gasteiger partial charge in [-0.2, -0.15) is 9.78 Å². The zero-order valence-electron chi connectivity index (χ0n) is 17.7. The molecule has 3 aromatic heterocycles. The van der Waals surface area contributed by atoms with E-state index in [0.717, 1.165) is 47.6 Å². The summed E-state index contributed by atoms with van der Waals surface area (Å²) in [5.41, 5.74) is 3.01. The molecule has 1 saturated heterocycles. The van der Waals surface area contributed by atoms with Gasteiger partial charge in [-0.1, -0.05) is 31.2 Å². The Morgan fingerprint density at radius 3 is 2.68 bits per heavy atom. The number of rotatable bonds is 5. The van der Waals surface area contributed by atoms with E-state index in [1.165, 1.54) is 21.6 Å². The van der Waals surface area contributed by atoms with Crippen molar-refractivity contribution in [2.45, 2.75) is 25.8 Å². The van der Waals surface area contributed by atoms with Gasteiger partial charge in [0.1, 0.15) is 10.5 Å². The van der Waals surface area contributed by atoms with Gasteiger partial charge in [0.25, 0.3) is 5.56 Å². The molecule has 0 spiro atoms. The molecule has 0 saturated carbocycles. The van der Waals surface area contributed by atoms with Gasteiger partial charge in [-0.15, -0.1) is 11.3 Å². The number of nitrogens with zero attached hydrogens (tertiary/aromatic N) is 4. The Morgan fingerprint density at radius 2 is 2.00 bits per heavy atom. The quantitative estimate of drug-likeness (QED) is 0.520. The fourth-order valence-corrected chi connectivity index (χ4v) is 5.13. The van der Waals surface area contributed by atoms with E-state index in [2.05, 4.69) is 51.5 Å². The maximum atomic E-state index is 13.2. The van der Waals surface area contributed by atoms with Crippen molar-refractivity contribution < 1.29 is 0 Å². The number of aryl methyl sites for hydroxylation is 1. The van der Waals surface area contributed by atoms with E-state index in [1.807, 2.05) is 25.2 Å². The summed E-state index contributed by atoms with van der Waals surface area (Å²) in [6.45, 7) is 4.08. The van der Waals surface area contributed by atoms with Crippen LogP contribution in [0.1, 0.15) is 18.9 Å². The molecule has 4 aromatic rings. The molecule has 31 heavy (non-hydrogen) atoms. The molecule has 1 aliphatic rings. The van der Waals surface area contributed by atoms with E-state index in [9.17, 15) is 4.79 Å². The van der Waals surface area contributed by atoms with Crippen LogP contribution >= 0.6 is 11.3 Å². The molecular weight excluding hydrogens is 406 g/mol. The minimum absolute atomic E-state index is 0.107. The maximum absolute atomic E-state index is 13.2. The van der Waals surface area contributed by atoms with Gasteiger partial charge in [0, 0.05) is 29.4 Å². The summed E-state index contributed by atoms with van der Waals surface area (Å²) in [6, 6.07) is 15.0. The molecule has 0 bridgehead atoms. The third-order valence-corrected chi connectivity index (χ3v) is 7.19. The van der Waals surface area contributed by atoms with Crippen molar-refractivity contribution >= 4 is 27.2 Å². The van der Waals surface area contributed by atoms with Gasteiger partial charge in [0.05, 0.1) is 18.1 Å². The van der Waals surface area contributed by atoms with E-state index in [0.29, 0.717) is 16.4 Å². The standard InChI is InChI=1S/C24H25N5OS/c1-3-16-4-6-17(7-5-16)21-12-18-13-27-29(24(30)23(18)31-21)20-8-9-22(26-14-20)28-11-10-19(15-28)25-2/h4-9,12-14,19,25H,3,10-11,15H2,1-2H3/t19-/m1/s1. The van der Waals surface area contributed by atoms with Crippen LogP contribution in [0.25, 0.3) is 26.2 Å². The zero-order valence-corrected chi connectivity index (χ0v) is 18.5. The molecule has 0 unspecified atom stereocenters. The first-order chi connectivity index (χ1) is 15.2. The second-order valence-corrected chi connectivity index (χ2v) is 8.95. The van der Waals surface area contributed by atoms with Gasteiger partial charge in [-0.25, -0.2) is 4.98 Å². The highest BCUT2D eigenvalue weighted by atomic mass is 32.1. The summed E-state index contributed by atoms with van der Waals surface area (Å²) >= 11 is 1.52. The minimum atomic E-state index is -0.107. The van der Waals surface area contributed by atoms with Crippen LogP contribution in [0, 0.1) is 0 Å². The number of pyridine rings is 1. The van der Waals surface area contributed by atoms with E-state index < -0.39 is 0 Å². The Morgan fingerprint density at radius 1 is 1.16 bits per heavy atom. The summed E-state index contributed by atoms with van der Waals surface area (Å²) in [7, 11) is 2.00. The number of thiophene rings is 1. The van der Waals surface area contributed by atoms with Gasteiger partial charge in [-0.05, 0) is 49.2 Å². The first-order valence-electron chi connectivity index (χ1n) is 10.7.